The second-order valence-electron chi connectivity index (χ2n) is 3.32. The van der Waals surface area contributed by atoms with Crippen LogP contribution in [0.2, 0.25) is 0 Å². The third kappa shape index (κ3) is 1.79. The molecule has 3 N–H and O–H groups in total. The molecule has 0 radical (unpaired) electrons. The molecule has 8 nitrogen and oxygen atoms in total. The normalized spacial score (nSPS) is 16.1. The fourth-order valence-electron chi connectivity index (χ4n) is 1.49. The average Bonchev–Trinajstić information content (AvgIpc) is 2.21. The number of carboxylic acid groups (broad SMARTS) is 3. The summed E-state index contributed by atoms with van der Waals surface area (Å²) in [6.45, 7) is 0.950. The predicted octanol–water partition coefficient (Wildman–Crippen LogP) is -0.995. The molecule has 0 bridgehead atoms. The minimum absolute atomic E-state index is 0.602. The van der Waals surface area contributed by atoms with Crippen molar-refractivity contribution in [2.24, 2.45) is 0 Å². The molecular weight excluding hydrogens is 248 g/mol. The number of carbonyl (C=O) groups is 5. The summed E-state index contributed by atoms with van der Waals surface area (Å²) in [4.78, 5) is 55.5. The number of allylic oxidation sites excluding steroid dienone is 1. The summed E-state index contributed by atoms with van der Waals surface area (Å²) in [5, 5.41) is 26.2. The van der Waals surface area contributed by atoms with Crippen LogP contribution in [0.1, 0.15) is 6.92 Å². The van der Waals surface area contributed by atoms with Crippen LogP contribution in [0.3, 0.4) is 0 Å². The van der Waals surface area contributed by atoms with Gasteiger partial charge in [-0.15, -0.1) is 0 Å². The molecule has 0 atom stereocenters. The maximum atomic E-state index is 11.6. The molecule has 0 aromatic heterocycles. The number of ketones is 2. The van der Waals surface area contributed by atoms with Crippen molar-refractivity contribution in [3.8, 4) is 0 Å². The van der Waals surface area contributed by atoms with Gasteiger partial charge in [0.2, 0.25) is 5.78 Å². The average molecular weight is 254 g/mol. The molecule has 1 rings (SSSR count). The number of carbonyl (C=O) groups excluding carboxylic acids is 2. The second kappa shape index (κ2) is 4.24. The fourth-order valence-corrected chi connectivity index (χ4v) is 1.49. The van der Waals surface area contributed by atoms with Crippen molar-refractivity contribution in [2.75, 3.05) is 0 Å². The van der Waals surface area contributed by atoms with Crippen LogP contribution >= 0.6 is 0 Å². The van der Waals surface area contributed by atoms with Gasteiger partial charge in [-0.2, -0.15) is 0 Å². The van der Waals surface area contributed by atoms with E-state index >= 15 is 0 Å². The standard InChI is InChI=1S/C10H6O8/c1-2-3(8(13)14)7(12)5(10(17)18)4(6(2)11)9(15)16/h1H3,(H,13,14)(H,15,16)(H,17,18). The van der Waals surface area contributed by atoms with E-state index in [0.29, 0.717) is 0 Å². The Hall–Kier alpha value is -2.77. The highest BCUT2D eigenvalue weighted by atomic mass is 16.4. The maximum absolute atomic E-state index is 11.6. The van der Waals surface area contributed by atoms with Gasteiger partial charge in [-0.1, -0.05) is 0 Å². The fraction of sp³-hybridized carbons (Fsp3) is 0.100. The molecule has 0 amide bonds. The predicted molar refractivity (Wildman–Crippen MR) is 52.6 cm³/mol. The molecule has 1 aliphatic carbocycles. The van der Waals surface area contributed by atoms with E-state index < -0.39 is 51.8 Å². The van der Waals surface area contributed by atoms with E-state index in [1.54, 1.807) is 0 Å². The lowest BCUT2D eigenvalue weighted by atomic mass is 9.84. The van der Waals surface area contributed by atoms with Crippen LogP contribution < -0.4 is 0 Å². The molecule has 1 aliphatic rings. The first-order valence-corrected chi connectivity index (χ1v) is 4.44. The van der Waals surface area contributed by atoms with Crippen LogP contribution in [0.25, 0.3) is 0 Å². The molecule has 8 heteroatoms. The minimum Gasteiger partial charge on any atom is -0.478 e. The van der Waals surface area contributed by atoms with Gasteiger partial charge in [0.25, 0.3) is 0 Å². The number of hydrogen-bond donors (Lipinski definition) is 3. The Morgan fingerprint density at radius 1 is 0.722 bits per heavy atom. The van der Waals surface area contributed by atoms with Crippen LogP contribution in [0.4, 0.5) is 0 Å². The van der Waals surface area contributed by atoms with Gasteiger partial charge < -0.3 is 15.3 Å². The number of Topliss-reactive ketones (excluding diaryl/α,β-unsaturated/α-hetero) is 2. The van der Waals surface area contributed by atoms with Gasteiger partial charge >= 0.3 is 17.9 Å². The molecule has 0 aromatic carbocycles. The zero-order chi connectivity index (χ0) is 14.2. The smallest absolute Gasteiger partial charge is 0.340 e. The van der Waals surface area contributed by atoms with E-state index in [0.717, 1.165) is 6.92 Å². The summed E-state index contributed by atoms with van der Waals surface area (Å²) < 4.78 is 0. The lowest BCUT2D eigenvalue weighted by molar-refractivity contribution is -0.140. The van der Waals surface area contributed by atoms with E-state index in [-0.39, 0.29) is 0 Å². The maximum Gasteiger partial charge on any atom is 0.340 e. The summed E-state index contributed by atoms with van der Waals surface area (Å²) in [5.74, 6) is -8.43. The number of rotatable bonds is 3. The summed E-state index contributed by atoms with van der Waals surface area (Å²) in [6, 6.07) is 0. The van der Waals surface area contributed by atoms with E-state index in [9.17, 15) is 24.0 Å². The first kappa shape index (κ1) is 13.3. The zero-order valence-corrected chi connectivity index (χ0v) is 8.88. The van der Waals surface area contributed by atoms with Crippen LogP contribution in [-0.4, -0.2) is 44.8 Å². The van der Waals surface area contributed by atoms with Crippen LogP contribution in [-0.2, 0) is 24.0 Å². The Balaban J connectivity index is 3.66. The van der Waals surface area contributed by atoms with Gasteiger partial charge in [0.1, 0.15) is 16.7 Å². The summed E-state index contributed by atoms with van der Waals surface area (Å²) in [5.41, 5.74) is -4.19. The lowest BCUT2D eigenvalue weighted by Gasteiger charge is -2.15. The second-order valence-corrected chi connectivity index (χ2v) is 3.32. The van der Waals surface area contributed by atoms with Crippen molar-refractivity contribution in [1.29, 1.82) is 0 Å². The van der Waals surface area contributed by atoms with E-state index in [4.69, 9.17) is 15.3 Å². The highest BCUT2D eigenvalue weighted by molar-refractivity contribution is 6.44. The SMILES string of the molecule is CC1=C(C(=O)O)C(=O)C(C(=O)O)=C(C(=O)O)C1=O. The van der Waals surface area contributed by atoms with Gasteiger partial charge in [0, 0.05) is 5.57 Å². The number of carboxylic acids is 3. The van der Waals surface area contributed by atoms with E-state index in [2.05, 4.69) is 0 Å². The molecule has 0 heterocycles. The molecule has 0 unspecified atom stereocenters. The first-order valence-electron chi connectivity index (χ1n) is 4.44. The van der Waals surface area contributed by atoms with E-state index in [1.807, 2.05) is 0 Å². The van der Waals surface area contributed by atoms with Crippen LogP contribution in [0, 0.1) is 0 Å². The Morgan fingerprint density at radius 3 is 1.39 bits per heavy atom. The highest BCUT2D eigenvalue weighted by Gasteiger charge is 2.41. The first-order chi connectivity index (χ1) is 8.20. The molecule has 0 spiro atoms. The summed E-state index contributed by atoms with van der Waals surface area (Å²) in [7, 11) is 0. The molecular formula is C10H6O8. The van der Waals surface area contributed by atoms with Crippen LogP contribution in [0.15, 0.2) is 22.3 Å². The minimum atomic E-state index is -1.96. The summed E-state index contributed by atoms with van der Waals surface area (Å²) in [6.07, 6.45) is 0. The third-order valence-electron chi connectivity index (χ3n) is 2.29. The van der Waals surface area contributed by atoms with Gasteiger partial charge in [-0.25, -0.2) is 14.4 Å². The van der Waals surface area contributed by atoms with Crippen molar-refractivity contribution in [3.63, 3.8) is 0 Å². The van der Waals surface area contributed by atoms with Crippen LogP contribution in [0.5, 0.6) is 0 Å². The van der Waals surface area contributed by atoms with Gasteiger partial charge in [-0.3, -0.25) is 9.59 Å². The van der Waals surface area contributed by atoms with Gasteiger partial charge in [-0.05, 0) is 6.92 Å². The third-order valence-corrected chi connectivity index (χ3v) is 2.29. The quantitative estimate of drug-likeness (QED) is 0.429. The Bertz CT molecular complexity index is 575. The number of aliphatic carboxylic acids is 3. The highest BCUT2D eigenvalue weighted by Crippen LogP contribution is 2.25. The van der Waals surface area contributed by atoms with E-state index in [1.165, 1.54) is 0 Å². The topological polar surface area (TPSA) is 146 Å². The molecule has 0 fully saturated rings. The number of hydrogen-bond acceptors (Lipinski definition) is 5. The molecule has 0 aliphatic heterocycles. The van der Waals surface area contributed by atoms with Crippen molar-refractivity contribution in [2.45, 2.75) is 6.92 Å². The Morgan fingerprint density at radius 2 is 1.06 bits per heavy atom. The molecule has 0 saturated heterocycles. The molecule has 0 aromatic rings. The van der Waals surface area contributed by atoms with Crippen molar-refractivity contribution in [1.82, 2.24) is 0 Å². The Labute approximate surface area is 98.8 Å². The van der Waals surface area contributed by atoms with Gasteiger partial charge in [0.05, 0.1) is 0 Å². The lowest BCUT2D eigenvalue weighted by Crippen LogP contribution is -2.33. The van der Waals surface area contributed by atoms with Gasteiger partial charge in [0.15, 0.2) is 5.78 Å². The molecule has 18 heavy (non-hydrogen) atoms. The van der Waals surface area contributed by atoms with Crippen molar-refractivity contribution >= 4 is 29.5 Å². The zero-order valence-electron chi connectivity index (χ0n) is 8.88. The Kier molecular flexibility index (Phi) is 3.13. The van der Waals surface area contributed by atoms with Crippen molar-refractivity contribution < 1.29 is 39.3 Å². The molecule has 94 valence electrons. The largest absolute Gasteiger partial charge is 0.478 e. The molecule has 0 saturated carbocycles. The summed E-state index contributed by atoms with van der Waals surface area (Å²) >= 11 is 0. The monoisotopic (exact) mass is 254 g/mol. The van der Waals surface area contributed by atoms with Crippen molar-refractivity contribution in [3.05, 3.63) is 22.3 Å².